The van der Waals surface area contributed by atoms with E-state index in [1.807, 2.05) is 26.8 Å². The summed E-state index contributed by atoms with van der Waals surface area (Å²) in [6.45, 7) is 5.66. The third-order valence-electron chi connectivity index (χ3n) is 4.04. The van der Waals surface area contributed by atoms with Crippen molar-refractivity contribution < 1.29 is 5.11 Å². The highest BCUT2D eigenvalue weighted by molar-refractivity contribution is 5.46. The standard InChI is InChI=1S/C15H21NO2/c1-9-6-14(17)13(16)7-10-4-5-11(8-12(9)10)15(2,3)18/h6-7,11,18H,4-5,8H2,1-3H3,(H2,16,17)/t11-/m1/s1. The van der Waals surface area contributed by atoms with E-state index in [1.165, 1.54) is 5.56 Å². The molecule has 3 N–H and O–H groups in total. The van der Waals surface area contributed by atoms with Gasteiger partial charge in [0.05, 0.1) is 11.3 Å². The van der Waals surface area contributed by atoms with Gasteiger partial charge in [0.25, 0.3) is 0 Å². The fraction of sp³-hybridized carbons (Fsp3) is 0.533. The van der Waals surface area contributed by atoms with Crippen LogP contribution in [-0.2, 0) is 12.8 Å². The van der Waals surface area contributed by atoms with Gasteiger partial charge in [-0.1, -0.05) is 0 Å². The Kier molecular flexibility index (Phi) is 3.20. The van der Waals surface area contributed by atoms with Gasteiger partial charge in [-0.05, 0) is 74.8 Å². The summed E-state index contributed by atoms with van der Waals surface area (Å²) in [5, 5.41) is 10.1. The van der Waals surface area contributed by atoms with Crippen LogP contribution in [0.2, 0.25) is 0 Å². The number of aliphatic hydroxyl groups is 1. The molecule has 0 saturated carbocycles. The van der Waals surface area contributed by atoms with Crippen molar-refractivity contribution >= 4 is 5.69 Å². The molecule has 0 bridgehead atoms. The normalized spacial score (nSPS) is 19.4. The lowest BCUT2D eigenvalue weighted by Gasteiger charge is -2.33. The van der Waals surface area contributed by atoms with E-state index in [2.05, 4.69) is 0 Å². The lowest BCUT2D eigenvalue weighted by Crippen LogP contribution is -2.35. The zero-order valence-corrected chi connectivity index (χ0v) is 11.3. The van der Waals surface area contributed by atoms with Gasteiger partial charge in [0, 0.05) is 0 Å². The summed E-state index contributed by atoms with van der Waals surface area (Å²) in [7, 11) is 0. The summed E-state index contributed by atoms with van der Waals surface area (Å²) in [5.41, 5.74) is 8.62. The molecule has 0 aliphatic heterocycles. The van der Waals surface area contributed by atoms with Gasteiger partial charge >= 0.3 is 0 Å². The molecule has 3 nitrogen and oxygen atoms in total. The van der Waals surface area contributed by atoms with Crippen LogP contribution in [0.15, 0.2) is 16.9 Å². The van der Waals surface area contributed by atoms with Gasteiger partial charge in [0.1, 0.15) is 0 Å². The predicted octanol–water partition coefficient (Wildman–Crippen LogP) is 1.81. The van der Waals surface area contributed by atoms with Gasteiger partial charge in [-0.2, -0.15) is 0 Å². The van der Waals surface area contributed by atoms with Crippen LogP contribution in [0.25, 0.3) is 0 Å². The van der Waals surface area contributed by atoms with Crippen molar-refractivity contribution in [3.8, 4) is 0 Å². The summed E-state index contributed by atoms with van der Waals surface area (Å²) in [4.78, 5) is 11.7. The molecule has 0 aromatic heterocycles. The quantitative estimate of drug-likeness (QED) is 0.795. The molecule has 0 unspecified atom stereocenters. The van der Waals surface area contributed by atoms with Gasteiger partial charge in [0.15, 0.2) is 0 Å². The van der Waals surface area contributed by atoms with Crippen LogP contribution in [0.1, 0.15) is 37.0 Å². The van der Waals surface area contributed by atoms with Crippen molar-refractivity contribution in [2.24, 2.45) is 5.92 Å². The van der Waals surface area contributed by atoms with Crippen LogP contribution < -0.4 is 11.2 Å². The van der Waals surface area contributed by atoms with Gasteiger partial charge in [0.2, 0.25) is 5.43 Å². The van der Waals surface area contributed by atoms with Crippen LogP contribution in [0.3, 0.4) is 0 Å². The summed E-state index contributed by atoms with van der Waals surface area (Å²) >= 11 is 0. The lowest BCUT2D eigenvalue weighted by atomic mass is 9.76. The molecule has 0 amide bonds. The maximum absolute atomic E-state index is 11.7. The fourth-order valence-corrected chi connectivity index (χ4v) is 2.76. The molecule has 3 heteroatoms. The molecule has 0 fully saturated rings. The molecular weight excluding hydrogens is 226 g/mol. The van der Waals surface area contributed by atoms with Crippen molar-refractivity contribution in [2.75, 3.05) is 5.73 Å². The number of rotatable bonds is 1. The zero-order valence-electron chi connectivity index (χ0n) is 11.3. The molecule has 1 atom stereocenters. The summed E-state index contributed by atoms with van der Waals surface area (Å²) in [6.07, 6.45) is 2.63. The maximum atomic E-state index is 11.7. The monoisotopic (exact) mass is 247 g/mol. The van der Waals surface area contributed by atoms with Crippen molar-refractivity contribution in [1.82, 2.24) is 0 Å². The lowest BCUT2D eigenvalue weighted by molar-refractivity contribution is 0.0110. The zero-order chi connectivity index (χ0) is 13.5. The van der Waals surface area contributed by atoms with Crippen molar-refractivity contribution in [2.45, 2.75) is 45.6 Å². The van der Waals surface area contributed by atoms with Gasteiger partial charge in [-0.15, -0.1) is 0 Å². The minimum Gasteiger partial charge on any atom is -0.396 e. The largest absolute Gasteiger partial charge is 0.396 e. The van der Waals surface area contributed by atoms with Crippen LogP contribution in [-0.4, -0.2) is 10.7 Å². The second-order valence-electron chi connectivity index (χ2n) is 5.89. The number of fused-ring (bicyclic) bond motifs is 1. The first-order valence-electron chi connectivity index (χ1n) is 6.43. The van der Waals surface area contributed by atoms with Crippen molar-refractivity contribution in [1.29, 1.82) is 0 Å². The van der Waals surface area contributed by atoms with Gasteiger partial charge in [-0.25, -0.2) is 0 Å². The van der Waals surface area contributed by atoms with Crippen LogP contribution in [0, 0.1) is 12.8 Å². The predicted molar refractivity (Wildman–Crippen MR) is 73.7 cm³/mol. The van der Waals surface area contributed by atoms with Gasteiger partial charge in [-0.3, -0.25) is 4.79 Å². The first-order valence-corrected chi connectivity index (χ1v) is 6.43. The average molecular weight is 247 g/mol. The first-order chi connectivity index (χ1) is 8.29. The molecule has 1 aromatic rings. The molecule has 1 aliphatic rings. The minimum atomic E-state index is -0.676. The molecule has 0 saturated heterocycles. The second kappa shape index (κ2) is 4.39. The van der Waals surface area contributed by atoms with E-state index in [0.717, 1.165) is 30.4 Å². The Morgan fingerprint density at radius 2 is 2.06 bits per heavy atom. The number of hydrogen-bond acceptors (Lipinski definition) is 3. The molecular formula is C15H21NO2. The molecule has 0 heterocycles. The Morgan fingerprint density at radius 3 is 2.67 bits per heavy atom. The maximum Gasteiger partial charge on any atom is 0.201 e. The Bertz CT molecular complexity index is 529. The van der Waals surface area contributed by atoms with E-state index < -0.39 is 5.60 Å². The van der Waals surface area contributed by atoms with Crippen LogP contribution in [0.5, 0.6) is 0 Å². The minimum absolute atomic E-state index is 0.110. The third-order valence-corrected chi connectivity index (χ3v) is 4.04. The molecule has 2 rings (SSSR count). The smallest absolute Gasteiger partial charge is 0.201 e. The topological polar surface area (TPSA) is 63.3 Å². The first kappa shape index (κ1) is 13.1. The number of hydrogen-bond donors (Lipinski definition) is 2. The van der Waals surface area contributed by atoms with Gasteiger partial charge < -0.3 is 10.8 Å². The van der Waals surface area contributed by atoms with E-state index in [1.54, 1.807) is 6.07 Å². The summed E-state index contributed by atoms with van der Waals surface area (Å²) < 4.78 is 0. The van der Waals surface area contributed by atoms with Crippen LogP contribution in [0.4, 0.5) is 5.69 Å². The van der Waals surface area contributed by atoms with E-state index in [4.69, 9.17) is 5.73 Å². The number of nitrogen functional groups attached to an aromatic ring is 1. The Hall–Kier alpha value is -1.35. The fourth-order valence-electron chi connectivity index (χ4n) is 2.76. The molecule has 1 aromatic carbocycles. The number of nitrogens with two attached hydrogens (primary N) is 1. The van der Waals surface area contributed by atoms with E-state index in [-0.39, 0.29) is 11.3 Å². The highest BCUT2D eigenvalue weighted by Crippen LogP contribution is 2.33. The van der Waals surface area contributed by atoms with E-state index >= 15 is 0 Å². The highest BCUT2D eigenvalue weighted by atomic mass is 16.3. The molecule has 0 spiro atoms. The SMILES string of the molecule is Cc1cc(=O)c(N)cc2c1C[C@H](C(C)(C)O)CC2. The van der Waals surface area contributed by atoms with E-state index in [0.29, 0.717) is 5.69 Å². The van der Waals surface area contributed by atoms with E-state index in [9.17, 15) is 9.90 Å². The Labute approximate surface area is 108 Å². The second-order valence-corrected chi connectivity index (χ2v) is 5.89. The summed E-state index contributed by atoms with van der Waals surface area (Å²) in [5.74, 6) is 0.238. The average Bonchev–Trinajstić information content (AvgIpc) is 2.36. The summed E-state index contributed by atoms with van der Waals surface area (Å²) in [6, 6.07) is 3.42. The Balaban J connectivity index is 2.51. The Morgan fingerprint density at radius 1 is 1.39 bits per heavy atom. The molecule has 18 heavy (non-hydrogen) atoms. The molecule has 1 aliphatic carbocycles. The molecule has 0 radical (unpaired) electrons. The van der Waals surface area contributed by atoms with Crippen molar-refractivity contribution in [3.63, 3.8) is 0 Å². The van der Waals surface area contributed by atoms with Crippen LogP contribution >= 0.6 is 0 Å². The highest BCUT2D eigenvalue weighted by Gasteiger charge is 2.30. The number of anilines is 1. The van der Waals surface area contributed by atoms with Crippen molar-refractivity contribution in [3.05, 3.63) is 39.0 Å². The number of aryl methyl sites for hydroxylation is 2. The molecule has 98 valence electrons. The third kappa shape index (κ3) is 2.41.